The van der Waals surface area contributed by atoms with Gasteiger partial charge in [-0.3, -0.25) is 24.6 Å². The number of benzene rings is 1. The van der Waals surface area contributed by atoms with Crippen molar-refractivity contribution in [2.45, 2.75) is 69.9 Å². The Morgan fingerprint density at radius 3 is 2.70 bits per heavy atom. The molecule has 1 aromatic rings. The Hall–Kier alpha value is -2.45. The minimum Gasteiger partial charge on any atom is -0.488 e. The number of ether oxygens (including phenoxy) is 2. The predicted molar refractivity (Wildman–Crippen MR) is 119 cm³/mol. The topological polar surface area (TPSA) is 88.2 Å². The lowest BCUT2D eigenvalue weighted by molar-refractivity contribution is -0.136. The van der Waals surface area contributed by atoms with Crippen molar-refractivity contribution in [3.8, 4) is 5.75 Å². The average Bonchev–Trinajstić information content (AvgIpc) is 3.45. The van der Waals surface area contributed by atoms with E-state index in [1.54, 1.807) is 4.90 Å². The highest BCUT2D eigenvalue weighted by Gasteiger charge is 2.53. The number of likely N-dealkylation sites (tertiary alicyclic amines) is 1. The summed E-state index contributed by atoms with van der Waals surface area (Å²) in [6.45, 7) is 5.16. The van der Waals surface area contributed by atoms with E-state index < -0.39 is 6.04 Å². The second-order valence-electron chi connectivity index (χ2n) is 10.2. The third kappa shape index (κ3) is 3.54. The fourth-order valence-corrected chi connectivity index (χ4v) is 6.72. The SMILES string of the molecule is CCOC1CN([C@H]2[C@@H]3CC[C@@H](C3)[C@@H]2Oc2ccc3c(c2)CN(C2CCC(=O)NC2=O)C3=O)C1. The number of hydrogen-bond acceptors (Lipinski definition) is 6. The van der Waals surface area contributed by atoms with Gasteiger partial charge in [-0.15, -0.1) is 0 Å². The molecule has 33 heavy (non-hydrogen) atoms. The van der Waals surface area contributed by atoms with Crippen molar-refractivity contribution >= 4 is 17.7 Å². The third-order valence-electron chi connectivity index (χ3n) is 8.27. The Morgan fingerprint density at radius 1 is 1.09 bits per heavy atom. The van der Waals surface area contributed by atoms with E-state index >= 15 is 0 Å². The maximum Gasteiger partial charge on any atom is 0.255 e. The summed E-state index contributed by atoms with van der Waals surface area (Å²) in [5.41, 5.74) is 1.51. The number of hydrogen-bond donors (Lipinski definition) is 1. The van der Waals surface area contributed by atoms with Crippen molar-refractivity contribution < 1.29 is 23.9 Å². The van der Waals surface area contributed by atoms with Gasteiger partial charge in [0.15, 0.2) is 0 Å². The summed E-state index contributed by atoms with van der Waals surface area (Å²) in [5.74, 6) is 1.28. The summed E-state index contributed by atoms with van der Waals surface area (Å²) >= 11 is 0. The molecule has 3 heterocycles. The molecule has 1 unspecified atom stereocenters. The number of fused-ring (bicyclic) bond motifs is 3. The van der Waals surface area contributed by atoms with Gasteiger partial charge >= 0.3 is 0 Å². The highest BCUT2D eigenvalue weighted by molar-refractivity contribution is 6.05. The summed E-state index contributed by atoms with van der Waals surface area (Å²) in [5, 5.41) is 2.36. The van der Waals surface area contributed by atoms with Gasteiger partial charge in [0.2, 0.25) is 11.8 Å². The number of rotatable bonds is 6. The molecule has 3 amide bonds. The van der Waals surface area contributed by atoms with Crippen LogP contribution >= 0.6 is 0 Å². The van der Waals surface area contributed by atoms with Crippen LogP contribution in [-0.2, 0) is 20.9 Å². The molecule has 176 valence electrons. The van der Waals surface area contributed by atoms with Gasteiger partial charge in [-0.05, 0) is 68.2 Å². The van der Waals surface area contributed by atoms with Crippen LogP contribution in [0.2, 0.25) is 0 Å². The Bertz CT molecular complexity index is 990. The first-order valence-corrected chi connectivity index (χ1v) is 12.3. The lowest BCUT2D eigenvalue weighted by Crippen LogP contribution is -2.61. The summed E-state index contributed by atoms with van der Waals surface area (Å²) in [6, 6.07) is 5.55. The van der Waals surface area contributed by atoms with E-state index in [1.807, 2.05) is 25.1 Å². The average molecular weight is 454 g/mol. The van der Waals surface area contributed by atoms with Crippen LogP contribution in [-0.4, -0.2) is 71.5 Å². The molecule has 8 heteroatoms. The number of piperidine rings is 1. The number of amides is 3. The molecule has 0 spiro atoms. The second kappa shape index (κ2) is 8.09. The molecule has 8 nitrogen and oxygen atoms in total. The molecule has 2 bridgehead atoms. The van der Waals surface area contributed by atoms with Crippen molar-refractivity contribution in [1.82, 2.24) is 15.1 Å². The zero-order valence-electron chi connectivity index (χ0n) is 19.0. The van der Waals surface area contributed by atoms with Crippen LogP contribution in [0.4, 0.5) is 0 Å². The summed E-state index contributed by atoms with van der Waals surface area (Å²) < 4.78 is 12.4. The van der Waals surface area contributed by atoms with E-state index in [4.69, 9.17) is 9.47 Å². The minimum atomic E-state index is -0.591. The fraction of sp³-hybridized carbons (Fsp3) is 0.640. The van der Waals surface area contributed by atoms with Crippen LogP contribution in [0.15, 0.2) is 18.2 Å². The quantitative estimate of drug-likeness (QED) is 0.660. The Morgan fingerprint density at radius 2 is 1.91 bits per heavy atom. The number of imide groups is 1. The van der Waals surface area contributed by atoms with Gasteiger partial charge in [0.05, 0.1) is 6.10 Å². The van der Waals surface area contributed by atoms with E-state index in [9.17, 15) is 14.4 Å². The molecule has 6 rings (SSSR count). The lowest BCUT2D eigenvalue weighted by atomic mass is 9.89. The number of nitrogens with one attached hydrogen (secondary N) is 1. The van der Waals surface area contributed by atoms with Crippen LogP contribution in [0, 0.1) is 11.8 Å². The van der Waals surface area contributed by atoms with Gasteiger partial charge in [-0.2, -0.15) is 0 Å². The third-order valence-corrected chi connectivity index (χ3v) is 8.27. The van der Waals surface area contributed by atoms with Crippen molar-refractivity contribution in [1.29, 1.82) is 0 Å². The smallest absolute Gasteiger partial charge is 0.255 e. The van der Waals surface area contributed by atoms with Crippen LogP contribution in [0.5, 0.6) is 5.75 Å². The van der Waals surface area contributed by atoms with E-state index in [2.05, 4.69) is 10.2 Å². The van der Waals surface area contributed by atoms with Crippen LogP contribution < -0.4 is 10.1 Å². The summed E-state index contributed by atoms with van der Waals surface area (Å²) in [7, 11) is 0. The molecule has 0 radical (unpaired) electrons. The van der Waals surface area contributed by atoms with E-state index in [-0.39, 0.29) is 30.2 Å². The Kier molecular flexibility index (Phi) is 5.18. The molecule has 5 atom stereocenters. The van der Waals surface area contributed by atoms with E-state index in [1.165, 1.54) is 19.3 Å². The molecule has 1 N–H and O–H groups in total. The van der Waals surface area contributed by atoms with Gasteiger partial charge < -0.3 is 14.4 Å². The van der Waals surface area contributed by atoms with Gasteiger partial charge in [0.1, 0.15) is 17.9 Å². The molecule has 2 saturated carbocycles. The van der Waals surface area contributed by atoms with E-state index in [0.29, 0.717) is 42.5 Å². The van der Waals surface area contributed by atoms with Gasteiger partial charge in [-0.1, -0.05) is 0 Å². The summed E-state index contributed by atoms with van der Waals surface area (Å²) in [4.78, 5) is 40.9. The highest BCUT2D eigenvalue weighted by atomic mass is 16.5. The highest BCUT2D eigenvalue weighted by Crippen LogP contribution is 2.49. The second-order valence-corrected chi connectivity index (χ2v) is 10.2. The largest absolute Gasteiger partial charge is 0.488 e. The Labute approximate surface area is 193 Å². The fourth-order valence-electron chi connectivity index (χ4n) is 6.72. The molecule has 2 aliphatic carbocycles. The molecule has 3 aliphatic heterocycles. The van der Waals surface area contributed by atoms with Crippen molar-refractivity contribution in [2.24, 2.45) is 11.8 Å². The molecular formula is C25H31N3O5. The van der Waals surface area contributed by atoms with Crippen molar-refractivity contribution in [3.63, 3.8) is 0 Å². The van der Waals surface area contributed by atoms with Gasteiger partial charge in [0, 0.05) is 44.3 Å². The molecule has 2 saturated heterocycles. The lowest BCUT2D eigenvalue weighted by Gasteiger charge is -2.47. The minimum absolute atomic E-state index is 0.147. The van der Waals surface area contributed by atoms with Gasteiger partial charge in [-0.25, -0.2) is 0 Å². The van der Waals surface area contributed by atoms with Crippen molar-refractivity contribution in [3.05, 3.63) is 29.3 Å². The maximum atomic E-state index is 13.0. The van der Waals surface area contributed by atoms with Crippen molar-refractivity contribution in [2.75, 3.05) is 19.7 Å². The molecule has 0 aromatic heterocycles. The van der Waals surface area contributed by atoms with Crippen LogP contribution in [0.3, 0.4) is 0 Å². The zero-order chi connectivity index (χ0) is 22.7. The standard InChI is InChI=1S/C25H31N3O5/c1-2-32-18-12-27(13-18)22-14-3-4-15(9-14)23(22)33-17-5-6-19-16(10-17)11-28(25(19)31)20-7-8-21(29)26-24(20)30/h5-6,10,14-15,18,20,22-23H,2-4,7-9,11-13H2,1H3,(H,26,29,30)/t14-,15+,20?,22+,23+/m1/s1. The first-order valence-electron chi connectivity index (χ1n) is 12.3. The molecular weight excluding hydrogens is 422 g/mol. The normalized spacial score (nSPS) is 33.9. The number of carbonyl (C=O) groups excluding carboxylic acids is 3. The maximum absolute atomic E-state index is 13.0. The molecule has 1 aromatic carbocycles. The first-order chi connectivity index (χ1) is 16.0. The zero-order valence-corrected chi connectivity index (χ0v) is 19.0. The monoisotopic (exact) mass is 453 g/mol. The number of nitrogens with zero attached hydrogens (tertiary/aromatic N) is 2. The predicted octanol–water partition coefficient (Wildman–Crippen LogP) is 1.71. The van der Waals surface area contributed by atoms with Gasteiger partial charge in [0.25, 0.3) is 5.91 Å². The Balaban J connectivity index is 1.16. The molecule has 4 fully saturated rings. The first kappa shape index (κ1) is 21.1. The molecule has 5 aliphatic rings. The van der Waals surface area contributed by atoms with Crippen LogP contribution in [0.1, 0.15) is 54.9 Å². The van der Waals surface area contributed by atoms with Crippen LogP contribution in [0.25, 0.3) is 0 Å². The summed E-state index contributed by atoms with van der Waals surface area (Å²) in [6.07, 6.45) is 4.90. The van der Waals surface area contributed by atoms with E-state index in [0.717, 1.165) is 31.0 Å². The number of carbonyl (C=O) groups is 3.